The smallest absolute Gasteiger partial charge is 0.293 e. The molecule has 2 heterocycles. The molecule has 0 saturated carbocycles. The second-order valence-electron chi connectivity index (χ2n) is 5.48. The van der Waals surface area contributed by atoms with Gasteiger partial charge in [0.25, 0.3) is 11.1 Å². The van der Waals surface area contributed by atoms with Crippen LogP contribution >= 0.6 is 23.4 Å². The van der Waals surface area contributed by atoms with Crippen molar-refractivity contribution in [3.05, 3.63) is 63.5 Å². The first-order valence-corrected chi connectivity index (χ1v) is 8.70. The molecule has 0 aromatic heterocycles. The molecule has 2 aliphatic rings. The maximum atomic E-state index is 12.6. The summed E-state index contributed by atoms with van der Waals surface area (Å²) >= 11 is 7.14. The summed E-state index contributed by atoms with van der Waals surface area (Å²) in [5.41, 5.74) is 1.50. The van der Waals surface area contributed by atoms with Crippen LogP contribution in [0.2, 0.25) is 5.02 Å². The van der Waals surface area contributed by atoms with Crippen molar-refractivity contribution < 1.29 is 19.1 Å². The summed E-state index contributed by atoms with van der Waals surface area (Å²) < 4.78 is 10.6. The molecule has 2 aliphatic heterocycles. The van der Waals surface area contributed by atoms with Gasteiger partial charge in [-0.2, -0.15) is 0 Å². The number of benzene rings is 2. The molecule has 126 valence electrons. The fourth-order valence-corrected chi connectivity index (χ4v) is 3.62. The highest BCUT2D eigenvalue weighted by Gasteiger charge is 2.35. The highest BCUT2D eigenvalue weighted by molar-refractivity contribution is 8.18. The van der Waals surface area contributed by atoms with Gasteiger partial charge < -0.3 is 9.47 Å². The van der Waals surface area contributed by atoms with Gasteiger partial charge in [0.05, 0.1) is 16.5 Å². The van der Waals surface area contributed by atoms with Crippen LogP contribution in [0, 0.1) is 0 Å². The first kappa shape index (κ1) is 16.1. The number of fused-ring (bicyclic) bond motifs is 1. The fraction of sp³-hybridized carbons (Fsp3) is 0.111. The molecule has 2 amide bonds. The lowest BCUT2D eigenvalue weighted by atomic mass is 10.1. The van der Waals surface area contributed by atoms with Gasteiger partial charge in [0.1, 0.15) is 0 Å². The van der Waals surface area contributed by atoms with E-state index in [0.717, 1.165) is 17.3 Å². The van der Waals surface area contributed by atoms with Crippen LogP contribution in [0.15, 0.2) is 47.4 Å². The first-order chi connectivity index (χ1) is 12.1. The Morgan fingerprint density at radius 3 is 2.60 bits per heavy atom. The Hall–Kier alpha value is -2.44. The number of hydrogen-bond acceptors (Lipinski definition) is 5. The van der Waals surface area contributed by atoms with E-state index >= 15 is 0 Å². The number of nitrogens with zero attached hydrogens (tertiary/aromatic N) is 1. The summed E-state index contributed by atoms with van der Waals surface area (Å²) in [5, 5.41) is 0.135. The van der Waals surface area contributed by atoms with Crippen LogP contribution in [0.1, 0.15) is 11.1 Å². The van der Waals surface area contributed by atoms with E-state index in [9.17, 15) is 9.59 Å². The third-order valence-electron chi connectivity index (χ3n) is 3.84. The number of amides is 2. The number of rotatable bonds is 3. The first-order valence-electron chi connectivity index (χ1n) is 7.50. The maximum Gasteiger partial charge on any atom is 0.293 e. The molecule has 25 heavy (non-hydrogen) atoms. The number of thioether (sulfide) groups is 1. The predicted molar refractivity (Wildman–Crippen MR) is 95.5 cm³/mol. The minimum atomic E-state index is -0.326. The standard InChI is InChI=1S/C18H12ClNO4S/c19-13-8-15-14(23-10-24-15)6-12(13)7-16-17(21)20(18(22)25-16)9-11-4-2-1-3-5-11/h1-8H,9-10H2. The van der Waals surface area contributed by atoms with Gasteiger partial charge in [0.2, 0.25) is 6.79 Å². The molecular weight excluding hydrogens is 362 g/mol. The van der Waals surface area contributed by atoms with Crippen LogP contribution < -0.4 is 9.47 Å². The van der Waals surface area contributed by atoms with Crippen LogP contribution in [-0.2, 0) is 11.3 Å². The molecule has 5 nitrogen and oxygen atoms in total. The average Bonchev–Trinajstić information content (AvgIpc) is 3.16. The van der Waals surface area contributed by atoms with E-state index in [0.29, 0.717) is 27.0 Å². The molecule has 4 rings (SSSR count). The molecule has 1 fully saturated rings. The lowest BCUT2D eigenvalue weighted by molar-refractivity contribution is -0.123. The second-order valence-corrected chi connectivity index (χ2v) is 6.88. The van der Waals surface area contributed by atoms with E-state index in [-0.39, 0.29) is 24.5 Å². The zero-order valence-corrected chi connectivity index (χ0v) is 14.5. The van der Waals surface area contributed by atoms with Crippen molar-refractivity contribution in [1.82, 2.24) is 4.90 Å². The monoisotopic (exact) mass is 373 g/mol. The number of halogens is 1. The maximum absolute atomic E-state index is 12.6. The van der Waals surface area contributed by atoms with Crippen LogP contribution in [0.5, 0.6) is 11.5 Å². The van der Waals surface area contributed by atoms with Gasteiger partial charge >= 0.3 is 0 Å². The molecule has 0 N–H and O–H groups in total. The lowest BCUT2D eigenvalue weighted by Crippen LogP contribution is -2.27. The van der Waals surface area contributed by atoms with E-state index in [2.05, 4.69) is 0 Å². The molecule has 0 radical (unpaired) electrons. The summed E-state index contributed by atoms with van der Waals surface area (Å²) in [6, 6.07) is 12.7. The van der Waals surface area contributed by atoms with Crippen molar-refractivity contribution >= 4 is 40.6 Å². The van der Waals surface area contributed by atoms with Crippen LogP contribution in [0.4, 0.5) is 4.79 Å². The summed E-state index contributed by atoms with van der Waals surface area (Å²) in [4.78, 5) is 26.4. The van der Waals surface area contributed by atoms with Crippen molar-refractivity contribution in [1.29, 1.82) is 0 Å². The third kappa shape index (κ3) is 3.10. The van der Waals surface area contributed by atoms with Gasteiger partial charge in [-0.25, -0.2) is 0 Å². The Bertz CT molecular complexity index is 897. The molecule has 7 heteroatoms. The molecule has 2 aromatic rings. The molecule has 0 aliphatic carbocycles. The minimum absolute atomic E-state index is 0.142. The summed E-state index contributed by atoms with van der Waals surface area (Å²) in [5.74, 6) is 0.811. The molecule has 0 unspecified atom stereocenters. The molecular formula is C18H12ClNO4S. The average molecular weight is 374 g/mol. The Morgan fingerprint density at radius 1 is 1.12 bits per heavy atom. The zero-order chi connectivity index (χ0) is 17.4. The van der Waals surface area contributed by atoms with Crippen LogP contribution in [-0.4, -0.2) is 22.8 Å². The van der Waals surface area contributed by atoms with Gasteiger partial charge in [-0.3, -0.25) is 14.5 Å². The number of imide groups is 1. The molecule has 2 aromatic carbocycles. The highest BCUT2D eigenvalue weighted by atomic mass is 35.5. The lowest BCUT2D eigenvalue weighted by Gasteiger charge is -2.12. The summed E-state index contributed by atoms with van der Waals surface area (Å²) in [6.45, 7) is 0.389. The Balaban J connectivity index is 1.60. The molecule has 0 bridgehead atoms. The number of carbonyl (C=O) groups excluding carboxylic acids is 2. The molecule has 0 atom stereocenters. The molecule has 1 saturated heterocycles. The van der Waals surface area contributed by atoms with Gasteiger partial charge in [-0.05, 0) is 35.0 Å². The third-order valence-corrected chi connectivity index (χ3v) is 5.07. The van der Waals surface area contributed by atoms with Crippen LogP contribution in [0.25, 0.3) is 6.08 Å². The fourth-order valence-electron chi connectivity index (χ4n) is 2.59. The van der Waals surface area contributed by atoms with Crippen molar-refractivity contribution in [3.8, 4) is 11.5 Å². The number of ether oxygens (including phenoxy) is 2. The van der Waals surface area contributed by atoms with Gasteiger partial charge in [0.15, 0.2) is 11.5 Å². The van der Waals surface area contributed by atoms with E-state index < -0.39 is 0 Å². The number of carbonyl (C=O) groups is 2. The second kappa shape index (κ2) is 6.46. The SMILES string of the molecule is O=C1SC(=Cc2cc3c(cc2Cl)OCO3)C(=O)N1Cc1ccccc1. The van der Waals surface area contributed by atoms with E-state index in [1.165, 1.54) is 4.90 Å². The summed E-state index contributed by atoms with van der Waals surface area (Å²) in [7, 11) is 0. The molecule has 0 spiro atoms. The van der Waals surface area contributed by atoms with Crippen molar-refractivity contribution in [2.75, 3.05) is 6.79 Å². The predicted octanol–water partition coefficient (Wildman–Crippen LogP) is 4.31. The van der Waals surface area contributed by atoms with Crippen molar-refractivity contribution in [2.45, 2.75) is 6.54 Å². The largest absolute Gasteiger partial charge is 0.454 e. The Morgan fingerprint density at radius 2 is 1.84 bits per heavy atom. The zero-order valence-electron chi connectivity index (χ0n) is 12.9. The van der Waals surface area contributed by atoms with E-state index in [1.54, 1.807) is 18.2 Å². The summed E-state index contributed by atoms with van der Waals surface area (Å²) in [6.07, 6.45) is 1.61. The van der Waals surface area contributed by atoms with Gasteiger partial charge in [-0.15, -0.1) is 0 Å². The highest BCUT2D eigenvalue weighted by Crippen LogP contribution is 2.40. The Labute approximate surface area is 153 Å². The van der Waals surface area contributed by atoms with Gasteiger partial charge in [-0.1, -0.05) is 41.9 Å². The Kier molecular flexibility index (Phi) is 4.15. The van der Waals surface area contributed by atoms with E-state index in [4.69, 9.17) is 21.1 Å². The van der Waals surface area contributed by atoms with Crippen LogP contribution in [0.3, 0.4) is 0 Å². The topological polar surface area (TPSA) is 55.8 Å². The van der Waals surface area contributed by atoms with Crippen molar-refractivity contribution in [3.63, 3.8) is 0 Å². The van der Waals surface area contributed by atoms with Crippen molar-refractivity contribution in [2.24, 2.45) is 0 Å². The quantitative estimate of drug-likeness (QED) is 0.750. The van der Waals surface area contributed by atoms with Gasteiger partial charge in [0, 0.05) is 6.07 Å². The minimum Gasteiger partial charge on any atom is -0.454 e. The number of hydrogen-bond donors (Lipinski definition) is 0. The normalized spacial score (nSPS) is 17.6. The van der Waals surface area contributed by atoms with E-state index in [1.807, 2.05) is 30.3 Å².